The van der Waals surface area contributed by atoms with Crippen LogP contribution in [0.5, 0.6) is 0 Å². The van der Waals surface area contributed by atoms with E-state index in [9.17, 15) is 14.7 Å². The molecule has 1 amide bonds. The van der Waals surface area contributed by atoms with Gasteiger partial charge in [-0.05, 0) is 52.3 Å². The maximum atomic E-state index is 12.6. The Labute approximate surface area is 171 Å². The first-order valence-corrected chi connectivity index (χ1v) is 9.27. The maximum Gasteiger partial charge on any atom is 0.320 e. The molecule has 1 saturated heterocycles. The van der Waals surface area contributed by atoms with Crippen LogP contribution in [0.3, 0.4) is 0 Å². The first-order chi connectivity index (χ1) is 12.9. The Morgan fingerprint density at radius 3 is 2.50 bits per heavy atom. The fourth-order valence-corrected chi connectivity index (χ4v) is 3.58. The molecule has 2 aromatic rings. The van der Waals surface area contributed by atoms with E-state index in [0.717, 1.165) is 29.9 Å². The number of carbonyl (C=O) groups is 2. The van der Waals surface area contributed by atoms with E-state index in [1.165, 1.54) is 5.56 Å². The average Bonchev–Trinajstić information content (AvgIpc) is 2.91. The minimum absolute atomic E-state index is 0. The van der Waals surface area contributed by atoms with Gasteiger partial charge in [-0.2, -0.15) is 5.10 Å². The number of carboxylic acid groups (broad SMARTS) is 1. The SMILES string of the molecule is Cc1ccc(-n2nc(C)c(NC(=O)CN3CCCCC3C(=O)O)c2C)cc1.Cl. The van der Waals surface area contributed by atoms with Crippen molar-refractivity contribution in [1.29, 1.82) is 0 Å². The van der Waals surface area contributed by atoms with Crippen LogP contribution >= 0.6 is 12.4 Å². The highest BCUT2D eigenvalue weighted by atomic mass is 35.5. The maximum absolute atomic E-state index is 12.6. The average molecular weight is 407 g/mol. The van der Waals surface area contributed by atoms with E-state index in [-0.39, 0.29) is 24.9 Å². The van der Waals surface area contributed by atoms with Crippen LogP contribution in [-0.2, 0) is 9.59 Å². The van der Waals surface area contributed by atoms with E-state index in [2.05, 4.69) is 10.4 Å². The first kappa shape index (κ1) is 21.9. The molecular formula is C20H27ClN4O3. The molecule has 7 nitrogen and oxygen atoms in total. The molecule has 2 heterocycles. The summed E-state index contributed by atoms with van der Waals surface area (Å²) in [5.74, 6) is -1.07. The predicted octanol–water partition coefficient (Wildman–Crippen LogP) is 3.10. The van der Waals surface area contributed by atoms with E-state index in [4.69, 9.17) is 0 Å². The van der Waals surface area contributed by atoms with E-state index in [0.29, 0.717) is 18.7 Å². The van der Waals surface area contributed by atoms with Crippen molar-refractivity contribution in [2.24, 2.45) is 0 Å². The number of nitrogens with zero attached hydrogens (tertiary/aromatic N) is 3. The topological polar surface area (TPSA) is 87.5 Å². The molecule has 0 bridgehead atoms. The zero-order valence-electron chi connectivity index (χ0n) is 16.4. The second kappa shape index (κ2) is 9.21. The Bertz CT molecular complexity index is 848. The summed E-state index contributed by atoms with van der Waals surface area (Å²) in [6, 6.07) is 7.44. The zero-order chi connectivity index (χ0) is 19.6. The molecule has 0 aliphatic carbocycles. The van der Waals surface area contributed by atoms with Gasteiger partial charge in [0.1, 0.15) is 6.04 Å². The van der Waals surface area contributed by atoms with Crippen LogP contribution in [0.1, 0.15) is 36.2 Å². The summed E-state index contributed by atoms with van der Waals surface area (Å²) in [7, 11) is 0. The normalized spacial score (nSPS) is 17.0. The Morgan fingerprint density at radius 1 is 1.18 bits per heavy atom. The number of aryl methyl sites for hydroxylation is 2. The number of benzene rings is 1. The van der Waals surface area contributed by atoms with Crippen molar-refractivity contribution in [1.82, 2.24) is 14.7 Å². The number of halogens is 1. The number of carboxylic acids is 1. The van der Waals surface area contributed by atoms with Crippen molar-refractivity contribution in [3.8, 4) is 5.69 Å². The first-order valence-electron chi connectivity index (χ1n) is 9.27. The van der Waals surface area contributed by atoms with Crippen molar-refractivity contribution in [2.45, 2.75) is 46.1 Å². The van der Waals surface area contributed by atoms with Crippen LogP contribution in [0.25, 0.3) is 5.69 Å². The van der Waals surface area contributed by atoms with E-state index in [1.54, 1.807) is 4.90 Å². The lowest BCUT2D eigenvalue weighted by atomic mass is 10.0. The van der Waals surface area contributed by atoms with Crippen LogP contribution in [0.4, 0.5) is 5.69 Å². The minimum atomic E-state index is -0.859. The number of hydrogen-bond acceptors (Lipinski definition) is 4. The highest BCUT2D eigenvalue weighted by molar-refractivity contribution is 5.93. The van der Waals surface area contributed by atoms with Crippen LogP contribution in [0.2, 0.25) is 0 Å². The summed E-state index contributed by atoms with van der Waals surface area (Å²) in [5, 5.41) is 16.8. The summed E-state index contributed by atoms with van der Waals surface area (Å²) < 4.78 is 1.81. The summed E-state index contributed by atoms with van der Waals surface area (Å²) in [4.78, 5) is 25.7. The lowest BCUT2D eigenvalue weighted by molar-refractivity contribution is -0.145. The highest BCUT2D eigenvalue weighted by Gasteiger charge is 2.30. The number of aromatic nitrogens is 2. The molecule has 1 aromatic carbocycles. The molecule has 1 fully saturated rings. The molecular weight excluding hydrogens is 380 g/mol. The number of rotatable bonds is 5. The summed E-state index contributed by atoms with van der Waals surface area (Å²) in [6.45, 7) is 6.50. The second-order valence-corrected chi connectivity index (χ2v) is 7.16. The molecule has 0 spiro atoms. The quantitative estimate of drug-likeness (QED) is 0.796. The zero-order valence-corrected chi connectivity index (χ0v) is 17.3. The number of carbonyl (C=O) groups excluding carboxylic acids is 1. The number of anilines is 1. The molecule has 1 aromatic heterocycles. The van der Waals surface area contributed by atoms with Crippen molar-refractivity contribution in [3.63, 3.8) is 0 Å². The largest absolute Gasteiger partial charge is 0.480 e. The Hall–Kier alpha value is -2.38. The second-order valence-electron chi connectivity index (χ2n) is 7.16. The number of amides is 1. The number of nitrogens with one attached hydrogen (secondary N) is 1. The van der Waals surface area contributed by atoms with Gasteiger partial charge in [0, 0.05) is 0 Å². The van der Waals surface area contributed by atoms with Gasteiger partial charge in [-0.15, -0.1) is 12.4 Å². The fraction of sp³-hybridized carbons (Fsp3) is 0.450. The molecule has 1 atom stereocenters. The van der Waals surface area contributed by atoms with Gasteiger partial charge >= 0.3 is 5.97 Å². The minimum Gasteiger partial charge on any atom is -0.480 e. The molecule has 1 aliphatic rings. The van der Waals surface area contributed by atoms with Gasteiger partial charge in [0.15, 0.2) is 0 Å². The molecule has 0 saturated carbocycles. The van der Waals surface area contributed by atoms with Gasteiger partial charge in [0.2, 0.25) is 5.91 Å². The van der Waals surface area contributed by atoms with Gasteiger partial charge in [-0.25, -0.2) is 4.68 Å². The molecule has 8 heteroatoms. The monoisotopic (exact) mass is 406 g/mol. The van der Waals surface area contributed by atoms with Crippen LogP contribution in [0.15, 0.2) is 24.3 Å². The molecule has 0 radical (unpaired) electrons. The standard InChI is InChI=1S/C20H26N4O3.ClH/c1-13-7-9-16(10-8-13)24-15(3)19(14(2)22-24)21-18(25)12-23-11-5-4-6-17(23)20(26)27;/h7-10,17H,4-6,11-12H2,1-3H3,(H,21,25)(H,26,27);1H. The van der Waals surface area contributed by atoms with E-state index in [1.807, 2.05) is 49.7 Å². The van der Waals surface area contributed by atoms with E-state index < -0.39 is 12.0 Å². The summed E-state index contributed by atoms with van der Waals surface area (Å²) in [5.41, 5.74) is 4.37. The Morgan fingerprint density at radius 2 is 1.86 bits per heavy atom. The Kier molecular flexibility index (Phi) is 7.21. The van der Waals surface area contributed by atoms with Crippen molar-refractivity contribution < 1.29 is 14.7 Å². The van der Waals surface area contributed by atoms with Gasteiger partial charge in [0.05, 0.1) is 29.3 Å². The lowest BCUT2D eigenvalue weighted by Gasteiger charge is -2.32. The third-order valence-electron chi connectivity index (χ3n) is 5.08. The number of hydrogen-bond donors (Lipinski definition) is 2. The molecule has 2 N–H and O–H groups in total. The van der Waals surface area contributed by atoms with Gasteiger partial charge < -0.3 is 10.4 Å². The lowest BCUT2D eigenvalue weighted by Crippen LogP contribution is -2.47. The molecule has 28 heavy (non-hydrogen) atoms. The van der Waals surface area contributed by atoms with Gasteiger partial charge in [-0.1, -0.05) is 24.1 Å². The van der Waals surface area contributed by atoms with Crippen molar-refractivity contribution in [2.75, 3.05) is 18.4 Å². The molecule has 1 unspecified atom stereocenters. The van der Waals surface area contributed by atoms with Crippen molar-refractivity contribution >= 4 is 30.0 Å². The van der Waals surface area contributed by atoms with Gasteiger partial charge in [0.25, 0.3) is 0 Å². The molecule has 3 rings (SSSR count). The van der Waals surface area contributed by atoms with Gasteiger partial charge in [-0.3, -0.25) is 14.5 Å². The smallest absolute Gasteiger partial charge is 0.320 e. The molecule has 152 valence electrons. The number of aliphatic carboxylic acids is 1. The Balaban J connectivity index is 0.00000280. The fourth-order valence-electron chi connectivity index (χ4n) is 3.58. The number of piperidine rings is 1. The number of likely N-dealkylation sites (tertiary alicyclic amines) is 1. The third kappa shape index (κ3) is 4.72. The van der Waals surface area contributed by atoms with E-state index >= 15 is 0 Å². The highest BCUT2D eigenvalue weighted by Crippen LogP contribution is 2.23. The van der Waals surface area contributed by atoms with Crippen LogP contribution in [0, 0.1) is 20.8 Å². The summed E-state index contributed by atoms with van der Waals surface area (Å²) in [6.07, 6.45) is 2.39. The predicted molar refractivity (Wildman–Crippen MR) is 111 cm³/mol. The summed E-state index contributed by atoms with van der Waals surface area (Å²) >= 11 is 0. The third-order valence-corrected chi connectivity index (χ3v) is 5.08. The van der Waals surface area contributed by atoms with Crippen LogP contribution in [-0.4, -0.2) is 50.8 Å². The molecule has 1 aliphatic heterocycles. The van der Waals surface area contributed by atoms with Crippen molar-refractivity contribution in [3.05, 3.63) is 41.2 Å². The van der Waals surface area contributed by atoms with Crippen LogP contribution < -0.4 is 5.32 Å².